The van der Waals surface area contributed by atoms with E-state index in [9.17, 15) is 4.39 Å². The SMILES string of the molecule is COc1ccc(F)c(NC2CCC3CCCCC3C2)c1. The second kappa shape index (κ2) is 6.02. The summed E-state index contributed by atoms with van der Waals surface area (Å²) in [4.78, 5) is 0. The second-order valence-corrected chi connectivity index (χ2v) is 6.30. The maximum absolute atomic E-state index is 13.9. The minimum Gasteiger partial charge on any atom is -0.497 e. The van der Waals surface area contributed by atoms with Crippen molar-refractivity contribution in [3.63, 3.8) is 0 Å². The molecule has 1 aromatic rings. The summed E-state index contributed by atoms with van der Waals surface area (Å²) in [5.74, 6) is 2.30. The van der Waals surface area contributed by atoms with Gasteiger partial charge in [0, 0.05) is 12.1 Å². The molecule has 0 aliphatic heterocycles. The van der Waals surface area contributed by atoms with Gasteiger partial charge in [0.25, 0.3) is 0 Å². The van der Waals surface area contributed by atoms with Crippen molar-refractivity contribution in [3.05, 3.63) is 24.0 Å². The molecular weight excluding hydrogens is 253 g/mol. The van der Waals surface area contributed by atoms with Gasteiger partial charge in [0.15, 0.2) is 0 Å². The molecule has 3 heteroatoms. The van der Waals surface area contributed by atoms with E-state index in [1.807, 2.05) is 0 Å². The van der Waals surface area contributed by atoms with Gasteiger partial charge in [0.1, 0.15) is 11.6 Å². The molecule has 2 saturated carbocycles. The third-order valence-corrected chi connectivity index (χ3v) is 5.07. The monoisotopic (exact) mass is 277 g/mol. The van der Waals surface area contributed by atoms with Crippen LogP contribution >= 0.6 is 0 Å². The van der Waals surface area contributed by atoms with E-state index >= 15 is 0 Å². The van der Waals surface area contributed by atoms with Crippen LogP contribution in [-0.2, 0) is 0 Å². The van der Waals surface area contributed by atoms with E-state index in [1.165, 1.54) is 44.6 Å². The fraction of sp³-hybridized carbons (Fsp3) is 0.647. The first-order valence-corrected chi connectivity index (χ1v) is 7.86. The van der Waals surface area contributed by atoms with Gasteiger partial charge in [-0.1, -0.05) is 25.7 Å². The Labute approximate surface area is 120 Å². The number of benzene rings is 1. The maximum Gasteiger partial charge on any atom is 0.146 e. The summed E-state index contributed by atoms with van der Waals surface area (Å²) in [6, 6.07) is 5.32. The van der Waals surface area contributed by atoms with E-state index < -0.39 is 0 Å². The Balaban J connectivity index is 1.66. The number of methoxy groups -OCH3 is 1. The lowest BCUT2D eigenvalue weighted by Gasteiger charge is -2.39. The molecule has 0 bridgehead atoms. The molecule has 1 N–H and O–H groups in total. The van der Waals surface area contributed by atoms with E-state index in [-0.39, 0.29) is 5.82 Å². The van der Waals surface area contributed by atoms with E-state index in [0.29, 0.717) is 17.5 Å². The molecule has 2 aliphatic rings. The number of ether oxygens (including phenoxy) is 1. The summed E-state index contributed by atoms with van der Waals surface area (Å²) in [7, 11) is 1.62. The van der Waals surface area contributed by atoms with Crippen molar-refractivity contribution in [1.29, 1.82) is 0 Å². The zero-order valence-electron chi connectivity index (χ0n) is 12.2. The summed E-state index contributed by atoms with van der Waals surface area (Å²) in [5, 5.41) is 3.40. The summed E-state index contributed by atoms with van der Waals surface area (Å²) in [6.07, 6.45) is 9.21. The highest BCUT2D eigenvalue weighted by Crippen LogP contribution is 2.41. The first-order valence-electron chi connectivity index (χ1n) is 7.86. The fourth-order valence-electron chi connectivity index (χ4n) is 3.97. The molecule has 2 fully saturated rings. The van der Waals surface area contributed by atoms with E-state index in [4.69, 9.17) is 4.74 Å². The van der Waals surface area contributed by atoms with Crippen LogP contribution in [0.15, 0.2) is 18.2 Å². The van der Waals surface area contributed by atoms with Crippen LogP contribution in [-0.4, -0.2) is 13.2 Å². The topological polar surface area (TPSA) is 21.3 Å². The number of hydrogen-bond acceptors (Lipinski definition) is 2. The molecule has 110 valence electrons. The molecule has 3 rings (SSSR count). The van der Waals surface area contributed by atoms with Crippen LogP contribution in [0.3, 0.4) is 0 Å². The third-order valence-electron chi connectivity index (χ3n) is 5.07. The van der Waals surface area contributed by atoms with Gasteiger partial charge in [-0.3, -0.25) is 0 Å². The molecule has 2 nitrogen and oxygen atoms in total. The lowest BCUT2D eigenvalue weighted by Crippen LogP contribution is -2.34. The summed E-state index contributed by atoms with van der Waals surface area (Å²) >= 11 is 0. The Morgan fingerprint density at radius 1 is 1.10 bits per heavy atom. The normalized spacial score (nSPS) is 29.6. The van der Waals surface area contributed by atoms with Crippen LogP contribution in [0.1, 0.15) is 44.9 Å². The zero-order chi connectivity index (χ0) is 13.9. The molecule has 0 heterocycles. The first-order chi connectivity index (χ1) is 9.76. The van der Waals surface area contributed by atoms with E-state index in [0.717, 1.165) is 18.3 Å². The van der Waals surface area contributed by atoms with E-state index in [1.54, 1.807) is 19.2 Å². The van der Waals surface area contributed by atoms with Crippen molar-refractivity contribution in [2.45, 2.75) is 51.0 Å². The summed E-state index contributed by atoms with van der Waals surface area (Å²) in [6.45, 7) is 0. The molecule has 3 atom stereocenters. The summed E-state index contributed by atoms with van der Waals surface area (Å²) < 4.78 is 19.1. The van der Waals surface area contributed by atoms with Crippen LogP contribution in [0.5, 0.6) is 5.75 Å². The van der Waals surface area contributed by atoms with Crippen molar-refractivity contribution < 1.29 is 9.13 Å². The molecule has 0 spiro atoms. The smallest absolute Gasteiger partial charge is 0.146 e. The van der Waals surface area contributed by atoms with Crippen LogP contribution in [0.25, 0.3) is 0 Å². The Bertz CT molecular complexity index is 462. The highest BCUT2D eigenvalue weighted by molar-refractivity contribution is 5.50. The summed E-state index contributed by atoms with van der Waals surface area (Å²) in [5.41, 5.74) is 0.587. The third kappa shape index (κ3) is 2.92. The van der Waals surface area contributed by atoms with Crippen LogP contribution < -0.4 is 10.1 Å². The van der Waals surface area contributed by atoms with Gasteiger partial charge in [-0.25, -0.2) is 4.39 Å². The van der Waals surface area contributed by atoms with E-state index in [2.05, 4.69) is 5.32 Å². The van der Waals surface area contributed by atoms with Crippen LogP contribution in [0, 0.1) is 17.7 Å². The maximum atomic E-state index is 13.9. The Kier molecular flexibility index (Phi) is 4.13. The van der Waals surface area contributed by atoms with Gasteiger partial charge in [-0.15, -0.1) is 0 Å². The molecule has 0 saturated heterocycles. The molecule has 1 aromatic carbocycles. The minimum atomic E-state index is -0.184. The van der Waals surface area contributed by atoms with Gasteiger partial charge in [-0.2, -0.15) is 0 Å². The number of anilines is 1. The molecule has 0 amide bonds. The molecule has 20 heavy (non-hydrogen) atoms. The molecular formula is C17H24FNO. The van der Waals surface area contributed by atoms with Crippen molar-refractivity contribution in [1.82, 2.24) is 0 Å². The quantitative estimate of drug-likeness (QED) is 0.871. The lowest BCUT2D eigenvalue weighted by molar-refractivity contribution is 0.162. The predicted octanol–water partition coefficient (Wildman–Crippen LogP) is 4.61. The van der Waals surface area contributed by atoms with Crippen molar-refractivity contribution >= 4 is 5.69 Å². The van der Waals surface area contributed by atoms with Crippen LogP contribution in [0.2, 0.25) is 0 Å². The van der Waals surface area contributed by atoms with Gasteiger partial charge in [0.2, 0.25) is 0 Å². The van der Waals surface area contributed by atoms with Gasteiger partial charge >= 0.3 is 0 Å². The highest BCUT2D eigenvalue weighted by atomic mass is 19.1. The van der Waals surface area contributed by atoms with Gasteiger partial charge in [0.05, 0.1) is 12.8 Å². The van der Waals surface area contributed by atoms with Crippen molar-refractivity contribution in [3.8, 4) is 5.75 Å². The average molecular weight is 277 g/mol. The first kappa shape index (κ1) is 13.7. The Morgan fingerprint density at radius 3 is 2.70 bits per heavy atom. The number of halogens is 1. The lowest BCUT2D eigenvalue weighted by atomic mass is 9.69. The molecule has 0 aromatic heterocycles. The second-order valence-electron chi connectivity index (χ2n) is 6.30. The number of hydrogen-bond donors (Lipinski definition) is 1. The van der Waals surface area contributed by atoms with Gasteiger partial charge < -0.3 is 10.1 Å². The Hall–Kier alpha value is -1.25. The fourth-order valence-corrected chi connectivity index (χ4v) is 3.97. The molecule has 3 unspecified atom stereocenters. The van der Waals surface area contributed by atoms with Crippen molar-refractivity contribution in [2.75, 3.05) is 12.4 Å². The molecule has 0 radical (unpaired) electrons. The van der Waals surface area contributed by atoms with Gasteiger partial charge in [-0.05, 0) is 43.2 Å². The molecule has 2 aliphatic carbocycles. The Morgan fingerprint density at radius 2 is 1.90 bits per heavy atom. The zero-order valence-corrected chi connectivity index (χ0v) is 12.2. The largest absolute Gasteiger partial charge is 0.497 e. The average Bonchev–Trinajstić information content (AvgIpc) is 2.49. The van der Waals surface area contributed by atoms with Crippen molar-refractivity contribution in [2.24, 2.45) is 11.8 Å². The number of fused-ring (bicyclic) bond motifs is 1. The van der Waals surface area contributed by atoms with Crippen LogP contribution in [0.4, 0.5) is 10.1 Å². The predicted molar refractivity (Wildman–Crippen MR) is 79.7 cm³/mol. The number of nitrogens with one attached hydrogen (secondary N) is 1. The minimum absolute atomic E-state index is 0.184. The number of rotatable bonds is 3. The standard InChI is InChI=1S/C17H24FNO/c1-20-15-8-9-16(18)17(11-15)19-14-7-6-12-4-2-3-5-13(12)10-14/h8-9,11-14,19H,2-7,10H2,1H3. The highest BCUT2D eigenvalue weighted by Gasteiger charge is 2.32.